The molecule has 5 nitrogen and oxygen atoms in total. The van der Waals surface area contributed by atoms with Gasteiger partial charge in [-0.1, -0.05) is 12.1 Å². The van der Waals surface area contributed by atoms with Crippen LogP contribution in [-0.4, -0.2) is 11.8 Å². The van der Waals surface area contributed by atoms with Gasteiger partial charge in [-0.2, -0.15) is 0 Å². The molecule has 0 aliphatic rings. The highest BCUT2D eigenvalue weighted by atomic mass is 79.9. The second-order valence-corrected chi connectivity index (χ2v) is 6.78. The smallest absolute Gasteiger partial charge is 0.291 e. The summed E-state index contributed by atoms with van der Waals surface area (Å²) in [6.07, 6.45) is 0. The van der Waals surface area contributed by atoms with Crippen molar-refractivity contribution in [3.63, 3.8) is 0 Å². The predicted molar refractivity (Wildman–Crippen MR) is 103 cm³/mol. The molecule has 0 aliphatic carbocycles. The van der Waals surface area contributed by atoms with Gasteiger partial charge in [-0.05, 0) is 59.3 Å². The molecule has 1 unspecified atom stereocenters. The third kappa shape index (κ3) is 4.64. The van der Waals surface area contributed by atoms with Crippen LogP contribution < -0.4 is 10.6 Å². The number of anilines is 1. The van der Waals surface area contributed by atoms with Gasteiger partial charge in [-0.3, -0.25) is 9.59 Å². The monoisotopic (exact) mass is 448 g/mol. The Hall–Kier alpha value is -3.00. The molecule has 2 amide bonds. The van der Waals surface area contributed by atoms with E-state index in [0.29, 0.717) is 10.4 Å². The lowest BCUT2D eigenvalue weighted by atomic mass is 10.1. The summed E-state index contributed by atoms with van der Waals surface area (Å²) >= 11 is 3.12. The molecule has 3 rings (SSSR count). The Labute approximate surface area is 167 Å². The van der Waals surface area contributed by atoms with E-state index in [1.807, 2.05) is 0 Å². The minimum absolute atomic E-state index is 0.113. The largest absolute Gasteiger partial charge is 0.444 e. The van der Waals surface area contributed by atoms with E-state index in [1.165, 1.54) is 18.2 Å². The van der Waals surface area contributed by atoms with Crippen LogP contribution in [0, 0.1) is 11.6 Å². The maximum absolute atomic E-state index is 13.9. The van der Waals surface area contributed by atoms with Gasteiger partial charge in [0.05, 0.1) is 6.04 Å². The molecule has 1 atom stereocenters. The summed E-state index contributed by atoms with van der Waals surface area (Å²) in [5.41, 5.74) is 0.834. The fourth-order valence-corrected chi connectivity index (χ4v) is 2.88. The molecule has 2 aromatic carbocycles. The summed E-state index contributed by atoms with van der Waals surface area (Å²) < 4.78 is 32.5. The minimum Gasteiger partial charge on any atom is -0.444 e. The van der Waals surface area contributed by atoms with E-state index < -0.39 is 29.5 Å². The summed E-state index contributed by atoms with van der Waals surface area (Å²) in [6.45, 7) is 1.59. The highest BCUT2D eigenvalue weighted by Gasteiger charge is 2.16. The van der Waals surface area contributed by atoms with Crippen molar-refractivity contribution in [2.75, 3.05) is 5.32 Å². The third-order valence-electron chi connectivity index (χ3n) is 3.96. The molecule has 144 valence electrons. The van der Waals surface area contributed by atoms with E-state index in [-0.39, 0.29) is 16.9 Å². The summed E-state index contributed by atoms with van der Waals surface area (Å²) in [6, 6.07) is 11.9. The van der Waals surface area contributed by atoms with Gasteiger partial charge in [0, 0.05) is 22.9 Å². The number of amides is 2. The van der Waals surface area contributed by atoms with Crippen LogP contribution in [0.4, 0.5) is 14.5 Å². The molecule has 3 aromatic rings. The maximum Gasteiger partial charge on any atom is 0.291 e. The van der Waals surface area contributed by atoms with Gasteiger partial charge >= 0.3 is 0 Å². The zero-order valence-electron chi connectivity index (χ0n) is 14.6. The van der Waals surface area contributed by atoms with Gasteiger partial charge in [0.1, 0.15) is 11.6 Å². The van der Waals surface area contributed by atoms with Crippen LogP contribution in [0.5, 0.6) is 0 Å². The molecule has 0 aliphatic heterocycles. The number of halogens is 3. The quantitative estimate of drug-likeness (QED) is 0.572. The number of furan rings is 1. The number of nitrogens with one attached hydrogen (secondary N) is 2. The molecule has 8 heteroatoms. The molecule has 0 saturated carbocycles. The molecule has 1 aromatic heterocycles. The van der Waals surface area contributed by atoms with E-state index in [1.54, 1.807) is 31.2 Å². The van der Waals surface area contributed by atoms with Crippen LogP contribution >= 0.6 is 15.9 Å². The van der Waals surface area contributed by atoms with Crippen molar-refractivity contribution in [3.05, 3.63) is 87.8 Å². The van der Waals surface area contributed by atoms with Crippen molar-refractivity contribution in [2.45, 2.75) is 13.0 Å². The zero-order valence-corrected chi connectivity index (χ0v) is 16.2. The van der Waals surface area contributed by atoms with Crippen LogP contribution in [-0.2, 0) is 0 Å². The average molecular weight is 449 g/mol. The Morgan fingerprint density at radius 2 is 1.82 bits per heavy atom. The topological polar surface area (TPSA) is 71.3 Å². The maximum atomic E-state index is 13.9. The Morgan fingerprint density at radius 1 is 1.04 bits per heavy atom. The van der Waals surface area contributed by atoms with Gasteiger partial charge in [0.25, 0.3) is 11.8 Å². The summed E-state index contributed by atoms with van der Waals surface area (Å²) in [7, 11) is 0. The second kappa shape index (κ2) is 8.35. The van der Waals surface area contributed by atoms with Crippen molar-refractivity contribution < 1.29 is 22.8 Å². The fraction of sp³-hybridized carbons (Fsp3) is 0.100. The van der Waals surface area contributed by atoms with E-state index in [4.69, 9.17) is 4.42 Å². The molecule has 0 fully saturated rings. The van der Waals surface area contributed by atoms with Crippen molar-refractivity contribution in [3.8, 4) is 0 Å². The van der Waals surface area contributed by atoms with Gasteiger partial charge < -0.3 is 15.1 Å². The van der Waals surface area contributed by atoms with E-state index >= 15 is 0 Å². The van der Waals surface area contributed by atoms with E-state index in [2.05, 4.69) is 26.6 Å². The predicted octanol–water partition coefficient (Wildman–Crippen LogP) is 5.06. The Bertz CT molecular complexity index is 1040. The van der Waals surface area contributed by atoms with Crippen molar-refractivity contribution in [2.24, 2.45) is 0 Å². The van der Waals surface area contributed by atoms with Crippen LogP contribution in [0.3, 0.4) is 0 Å². The molecular formula is C20H15BrF2N2O3. The number of benzene rings is 2. The van der Waals surface area contributed by atoms with E-state index in [9.17, 15) is 18.4 Å². The number of carbonyl (C=O) groups is 2. The first-order chi connectivity index (χ1) is 13.3. The highest BCUT2D eigenvalue weighted by Crippen LogP contribution is 2.20. The zero-order chi connectivity index (χ0) is 20.3. The molecule has 0 bridgehead atoms. The molecule has 28 heavy (non-hydrogen) atoms. The Morgan fingerprint density at radius 3 is 2.50 bits per heavy atom. The Kier molecular flexibility index (Phi) is 5.89. The Balaban J connectivity index is 1.70. The standard InChI is InChI=1S/C20H15BrF2N2O3/c1-11(15-6-5-13(22)10-16(15)23)24-19(26)12-3-2-4-14(9-12)25-20(27)17-7-8-18(21)28-17/h2-11H,1H3,(H,24,26)(H,25,27). The van der Waals surface area contributed by atoms with Crippen LogP contribution in [0.2, 0.25) is 0 Å². The van der Waals surface area contributed by atoms with Crippen molar-refractivity contribution in [1.29, 1.82) is 0 Å². The summed E-state index contributed by atoms with van der Waals surface area (Å²) in [5, 5.41) is 5.28. The highest BCUT2D eigenvalue weighted by molar-refractivity contribution is 9.10. The van der Waals surface area contributed by atoms with Crippen LogP contribution in [0.25, 0.3) is 0 Å². The molecule has 0 saturated heterocycles. The second-order valence-electron chi connectivity index (χ2n) is 6.00. The minimum atomic E-state index is -0.738. The number of rotatable bonds is 5. The average Bonchev–Trinajstić information content (AvgIpc) is 3.08. The molecular weight excluding hydrogens is 434 g/mol. The molecule has 2 N–H and O–H groups in total. The number of hydrogen-bond donors (Lipinski definition) is 2. The van der Waals surface area contributed by atoms with Crippen LogP contribution in [0.1, 0.15) is 39.4 Å². The van der Waals surface area contributed by atoms with Crippen molar-refractivity contribution in [1.82, 2.24) is 5.32 Å². The van der Waals surface area contributed by atoms with Gasteiger partial charge in [0.15, 0.2) is 10.4 Å². The fourth-order valence-electron chi connectivity index (χ4n) is 2.58. The first-order valence-electron chi connectivity index (χ1n) is 8.26. The molecule has 0 radical (unpaired) electrons. The SMILES string of the molecule is CC(NC(=O)c1cccc(NC(=O)c2ccc(Br)o2)c1)c1ccc(F)cc1F. The number of hydrogen-bond acceptors (Lipinski definition) is 3. The molecule has 0 spiro atoms. The van der Waals surface area contributed by atoms with Gasteiger partial charge in [0.2, 0.25) is 0 Å². The van der Waals surface area contributed by atoms with Crippen molar-refractivity contribution >= 4 is 33.4 Å². The molecule has 1 heterocycles. The summed E-state index contributed by atoms with van der Waals surface area (Å²) in [4.78, 5) is 24.6. The first kappa shape index (κ1) is 19.8. The normalized spacial score (nSPS) is 11.7. The van der Waals surface area contributed by atoms with Crippen LogP contribution in [0.15, 0.2) is 63.7 Å². The first-order valence-corrected chi connectivity index (χ1v) is 9.05. The number of carbonyl (C=O) groups excluding carboxylic acids is 2. The lowest BCUT2D eigenvalue weighted by Gasteiger charge is -2.15. The lowest BCUT2D eigenvalue weighted by molar-refractivity contribution is 0.0937. The van der Waals surface area contributed by atoms with Gasteiger partial charge in [-0.25, -0.2) is 8.78 Å². The summed E-state index contributed by atoms with van der Waals surface area (Å²) in [5.74, 6) is -2.24. The van der Waals surface area contributed by atoms with E-state index in [0.717, 1.165) is 12.1 Å². The lowest BCUT2D eigenvalue weighted by Crippen LogP contribution is -2.27. The van der Waals surface area contributed by atoms with Gasteiger partial charge in [-0.15, -0.1) is 0 Å². The third-order valence-corrected chi connectivity index (χ3v) is 4.38.